The summed E-state index contributed by atoms with van der Waals surface area (Å²) in [5.41, 5.74) is -1.59. The van der Waals surface area contributed by atoms with Gasteiger partial charge in [0, 0.05) is 6.21 Å². The van der Waals surface area contributed by atoms with E-state index >= 15 is 0 Å². The second-order valence-corrected chi connectivity index (χ2v) is 2.96. The van der Waals surface area contributed by atoms with Gasteiger partial charge < -0.3 is 9.84 Å². The van der Waals surface area contributed by atoms with Gasteiger partial charge in [-0.1, -0.05) is 0 Å². The lowest BCUT2D eigenvalue weighted by molar-refractivity contribution is -0.196. The molecule has 78 valence electrons. The molecule has 2 atom stereocenters. The number of carboxylic acids is 1. The maximum Gasteiger partial charge on any atom is 0.346 e. The first kappa shape index (κ1) is 10.8. The Morgan fingerprint density at radius 3 is 2.86 bits per heavy atom. The van der Waals surface area contributed by atoms with Crippen LogP contribution in [0.3, 0.4) is 0 Å². The molecule has 1 aliphatic heterocycles. The van der Waals surface area contributed by atoms with Crippen molar-refractivity contribution in [1.29, 1.82) is 0 Å². The zero-order valence-electron chi connectivity index (χ0n) is 7.35. The molecule has 1 rings (SSSR count). The van der Waals surface area contributed by atoms with Crippen LogP contribution in [0.2, 0.25) is 0 Å². The summed E-state index contributed by atoms with van der Waals surface area (Å²) in [7, 11) is 0. The molecule has 0 aromatic rings. The number of rotatable bonds is 3. The van der Waals surface area contributed by atoms with E-state index in [-0.39, 0.29) is 0 Å². The number of alkyl halides is 2. The maximum atomic E-state index is 12.0. The molecule has 1 heterocycles. The van der Waals surface area contributed by atoms with Crippen LogP contribution in [0.15, 0.2) is 17.1 Å². The average Bonchev–Trinajstić information content (AvgIpc) is 2.01. The molecule has 0 bridgehead atoms. The predicted molar refractivity (Wildman–Crippen MR) is 44.5 cm³/mol. The Morgan fingerprint density at radius 1 is 1.71 bits per heavy atom. The normalized spacial score (nSPS) is 31.0. The molecular weight excluding hydrogens is 196 g/mol. The van der Waals surface area contributed by atoms with E-state index in [1.54, 1.807) is 0 Å². The van der Waals surface area contributed by atoms with E-state index in [0.717, 1.165) is 0 Å². The van der Waals surface area contributed by atoms with Crippen molar-refractivity contribution >= 4 is 12.2 Å². The van der Waals surface area contributed by atoms with Gasteiger partial charge in [-0.05, 0) is 19.1 Å². The molecule has 0 spiro atoms. The van der Waals surface area contributed by atoms with Gasteiger partial charge in [-0.15, -0.1) is 0 Å². The summed E-state index contributed by atoms with van der Waals surface area (Å²) in [6.45, 7) is -1.77. The van der Waals surface area contributed by atoms with Crippen LogP contribution >= 0.6 is 0 Å². The Labute approximate surface area is 78.9 Å². The molecule has 2 unspecified atom stereocenters. The highest BCUT2D eigenvalue weighted by Crippen LogP contribution is 2.25. The highest BCUT2D eigenvalue weighted by Gasteiger charge is 2.41. The van der Waals surface area contributed by atoms with E-state index in [0.29, 0.717) is 0 Å². The fraction of sp³-hybridized carbons (Fsp3) is 0.500. The van der Waals surface area contributed by atoms with Crippen molar-refractivity contribution in [2.75, 3.05) is 0 Å². The highest BCUT2D eigenvalue weighted by molar-refractivity contribution is 5.83. The molecule has 0 aromatic heterocycles. The molecule has 0 saturated heterocycles. The van der Waals surface area contributed by atoms with E-state index in [1.165, 1.54) is 25.3 Å². The third-order valence-electron chi connectivity index (χ3n) is 1.87. The molecular formula is C8H9F2NO3. The van der Waals surface area contributed by atoms with Crippen molar-refractivity contribution in [1.82, 2.24) is 0 Å². The number of hydrogen-bond donors (Lipinski definition) is 1. The van der Waals surface area contributed by atoms with E-state index in [9.17, 15) is 13.6 Å². The maximum absolute atomic E-state index is 12.0. The van der Waals surface area contributed by atoms with E-state index < -0.39 is 24.2 Å². The number of carboxylic acid groups (broad SMARTS) is 1. The largest absolute Gasteiger partial charge is 0.480 e. The Hall–Kier alpha value is -1.30. The monoisotopic (exact) mass is 205 g/mol. The van der Waals surface area contributed by atoms with Crippen LogP contribution in [0.25, 0.3) is 0 Å². The van der Waals surface area contributed by atoms with E-state index in [2.05, 4.69) is 9.73 Å². The van der Waals surface area contributed by atoms with Crippen LogP contribution in [0, 0.1) is 0 Å². The van der Waals surface area contributed by atoms with Gasteiger partial charge in [-0.2, -0.15) is 8.78 Å². The van der Waals surface area contributed by atoms with Crippen molar-refractivity contribution in [2.45, 2.75) is 25.2 Å². The number of halogens is 2. The SMILES string of the molecule is CC1(OC(F)F)C=CC=NC1C(=O)O. The summed E-state index contributed by atoms with van der Waals surface area (Å²) in [5.74, 6) is -1.30. The summed E-state index contributed by atoms with van der Waals surface area (Å²) in [4.78, 5) is 14.2. The minimum Gasteiger partial charge on any atom is -0.480 e. The number of hydrogen-bond acceptors (Lipinski definition) is 3. The van der Waals surface area contributed by atoms with Crippen LogP contribution < -0.4 is 0 Å². The fourth-order valence-electron chi connectivity index (χ4n) is 1.21. The molecule has 14 heavy (non-hydrogen) atoms. The van der Waals surface area contributed by atoms with Crippen molar-refractivity contribution in [3.63, 3.8) is 0 Å². The Morgan fingerprint density at radius 2 is 2.36 bits per heavy atom. The molecule has 0 aromatic carbocycles. The number of carbonyl (C=O) groups is 1. The second-order valence-electron chi connectivity index (χ2n) is 2.96. The quantitative estimate of drug-likeness (QED) is 0.749. The highest BCUT2D eigenvalue weighted by atomic mass is 19.3. The van der Waals surface area contributed by atoms with Crippen LogP contribution in [0.5, 0.6) is 0 Å². The van der Waals surface area contributed by atoms with Gasteiger partial charge in [0.05, 0.1) is 0 Å². The van der Waals surface area contributed by atoms with Gasteiger partial charge in [0.25, 0.3) is 0 Å². The lowest BCUT2D eigenvalue weighted by Gasteiger charge is -2.30. The summed E-state index contributed by atoms with van der Waals surface area (Å²) in [6.07, 6.45) is 3.88. The zero-order valence-corrected chi connectivity index (χ0v) is 7.35. The third kappa shape index (κ3) is 2.14. The number of allylic oxidation sites excluding steroid dienone is 1. The molecule has 6 heteroatoms. The minimum atomic E-state index is -3.03. The van der Waals surface area contributed by atoms with Gasteiger partial charge in [0.1, 0.15) is 5.60 Å². The van der Waals surface area contributed by atoms with E-state index in [4.69, 9.17) is 5.11 Å². The molecule has 1 aliphatic rings. The zero-order chi connectivity index (χ0) is 10.8. The second kappa shape index (κ2) is 3.83. The van der Waals surface area contributed by atoms with Gasteiger partial charge in [-0.25, -0.2) is 4.79 Å². The first-order valence-corrected chi connectivity index (χ1v) is 3.85. The lowest BCUT2D eigenvalue weighted by Crippen LogP contribution is -2.46. The van der Waals surface area contributed by atoms with Crippen LogP contribution in [-0.4, -0.2) is 35.5 Å². The van der Waals surface area contributed by atoms with Crippen molar-refractivity contribution in [2.24, 2.45) is 4.99 Å². The Kier molecular flexibility index (Phi) is 2.95. The number of aliphatic imine (C=N–C) groups is 1. The first-order valence-electron chi connectivity index (χ1n) is 3.85. The Balaban J connectivity index is 2.88. The molecule has 1 N–H and O–H groups in total. The summed E-state index contributed by atoms with van der Waals surface area (Å²) < 4.78 is 28.2. The fourth-order valence-corrected chi connectivity index (χ4v) is 1.21. The molecule has 0 fully saturated rings. The van der Waals surface area contributed by atoms with Gasteiger partial charge in [-0.3, -0.25) is 4.99 Å². The average molecular weight is 205 g/mol. The lowest BCUT2D eigenvalue weighted by atomic mass is 9.94. The first-order chi connectivity index (χ1) is 6.46. The van der Waals surface area contributed by atoms with Gasteiger partial charge >= 0.3 is 12.6 Å². The molecule has 0 radical (unpaired) electrons. The molecule has 0 aliphatic carbocycles. The topological polar surface area (TPSA) is 58.9 Å². The van der Waals surface area contributed by atoms with Crippen molar-refractivity contribution in [3.8, 4) is 0 Å². The van der Waals surface area contributed by atoms with Gasteiger partial charge in [0.15, 0.2) is 6.04 Å². The summed E-state index contributed by atoms with van der Waals surface area (Å²) in [6, 6.07) is -1.33. The smallest absolute Gasteiger partial charge is 0.346 e. The van der Waals surface area contributed by atoms with Crippen LogP contribution in [0.1, 0.15) is 6.92 Å². The van der Waals surface area contributed by atoms with Crippen LogP contribution in [-0.2, 0) is 9.53 Å². The molecule has 0 saturated carbocycles. The number of ether oxygens (including phenoxy) is 1. The predicted octanol–water partition coefficient (Wildman–Crippen LogP) is 1.08. The standard InChI is InChI=1S/C8H9F2NO3/c1-8(14-7(9)10)3-2-4-11-5(8)6(12)13/h2-5,7H,1H3,(H,12,13). The third-order valence-corrected chi connectivity index (χ3v) is 1.87. The van der Waals surface area contributed by atoms with Crippen molar-refractivity contribution < 1.29 is 23.4 Å². The van der Waals surface area contributed by atoms with Crippen LogP contribution in [0.4, 0.5) is 8.78 Å². The van der Waals surface area contributed by atoms with Crippen molar-refractivity contribution in [3.05, 3.63) is 12.2 Å². The minimum absolute atomic E-state index is 1.25. The summed E-state index contributed by atoms with van der Waals surface area (Å²) in [5, 5.41) is 8.71. The Bertz CT molecular complexity index is 290. The number of nitrogens with zero attached hydrogens (tertiary/aromatic N) is 1. The number of dihydropyridines is 1. The summed E-state index contributed by atoms with van der Waals surface area (Å²) >= 11 is 0. The number of aliphatic carboxylic acids is 1. The van der Waals surface area contributed by atoms with Gasteiger partial charge in [0.2, 0.25) is 0 Å². The molecule has 0 amide bonds. The van der Waals surface area contributed by atoms with E-state index in [1.807, 2.05) is 0 Å². The molecule has 4 nitrogen and oxygen atoms in total.